The van der Waals surface area contributed by atoms with Crippen molar-refractivity contribution in [1.82, 2.24) is 20.9 Å². The van der Waals surface area contributed by atoms with Crippen LogP contribution in [0, 0.1) is 0 Å². The van der Waals surface area contributed by atoms with Crippen molar-refractivity contribution in [2.45, 2.75) is 32.4 Å². The Bertz CT molecular complexity index is 711. The summed E-state index contributed by atoms with van der Waals surface area (Å²) in [4.78, 5) is 27.7. The number of aromatic amines is 1. The minimum absolute atomic E-state index is 0.00341. The number of urea groups is 1. The van der Waals surface area contributed by atoms with Gasteiger partial charge in [0, 0.05) is 43.2 Å². The summed E-state index contributed by atoms with van der Waals surface area (Å²) >= 11 is 0. The van der Waals surface area contributed by atoms with Gasteiger partial charge in [-0.1, -0.05) is 18.2 Å². The topological polar surface area (TPSA) is 95.2 Å². The van der Waals surface area contributed by atoms with Crippen molar-refractivity contribution in [2.24, 2.45) is 0 Å². The van der Waals surface area contributed by atoms with E-state index in [9.17, 15) is 9.59 Å². The summed E-state index contributed by atoms with van der Waals surface area (Å²) in [5, 5.41) is 9.34. The number of fused-ring (bicyclic) bond motifs is 1. The summed E-state index contributed by atoms with van der Waals surface area (Å²) < 4.78 is 4.90. The Kier molecular flexibility index (Phi) is 6.82. The monoisotopic (exact) mass is 346 g/mol. The van der Waals surface area contributed by atoms with Crippen molar-refractivity contribution >= 4 is 22.8 Å². The third-order valence-corrected chi connectivity index (χ3v) is 3.74. The first-order valence-corrected chi connectivity index (χ1v) is 8.40. The molecule has 4 N–H and O–H groups in total. The Morgan fingerprint density at radius 2 is 1.96 bits per heavy atom. The molecule has 0 spiro atoms. The molecular formula is C18H26N4O3. The minimum atomic E-state index is -0.663. The van der Waals surface area contributed by atoms with Crippen LogP contribution < -0.4 is 16.0 Å². The van der Waals surface area contributed by atoms with Gasteiger partial charge in [0.25, 0.3) is 0 Å². The van der Waals surface area contributed by atoms with Crippen LogP contribution in [0.5, 0.6) is 0 Å². The quantitative estimate of drug-likeness (QED) is 0.546. The van der Waals surface area contributed by atoms with Gasteiger partial charge in [-0.15, -0.1) is 0 Å². The first kappa shape index (κ1) is 18.8. The van der Waals surface area contributed by atoms with Crippen LogP contribution in [0.4, 0.5) is 4.79 Å². The minimum Gasteiger partial charge on any atom is -0.383 e. The molecule has 7 heteroatoms. The average Bonchev–Trinajstić information content (AvgIpc) is 2.97. The van der Waals surface area contributed by atoms with E-state index in [1.54, 1.807) is 7.11 Å². The number of para-hydroxylation sites is 1. The number of H-pyrrole nitrogens is 1. The van der Waals surface area contributed by atoms with E-state index in [0.717, 1.165) is 16.5 Å². The van der Waals surface area contributed by atoms with Crippen molar-refractivity contribution in [1.29, 1.82) is 0 Å². The molecule has 0 aliphatic carbocycles. The van der Waals surface area contributed by atoms with Gasteiger partial charge < -0.3 is 25.7 Å². The Morgan fingerprint density at radius 1 is 1.20 bits per heavy atom. The van der Waals surface area contributed by atoms with E-state index < -0.39 is 6.04 Å². The highest BCUT2D eigenvalue weighted by Crippen LogP contribution is 2.19. The molecule has 0 aliphatic rings. The molecule has 136 valence electrons. The lowest BCUT2D eigenvalue weighted by molar-refractivity contribution is -0.123. The first-order chi connectivity index (χ1) is 12.0. The third kappa shape index (κ3) is 5.49. The molecule has 2 rings (SSSR count). The van der Waals surface area contributed by atoms with Gasteiger partial charge in [-0.25, -0.2) is 4.79 Å². The van der Waals surface area contributed by atoms with Gasteiger partial charge >= 0.3 is 6.03 Å². The van der Waals surface area contributed by atoms with Gasteiger partial charge in [-0.2, -0.15) is 0 Å². The first-order valence-electron chi connectivity index (χ1n) is 8.40. The molecule has 0 saturated carbocycles. The van der Waals surface area contributed by atoms with E-state index in [2.05, 4.69) is 20.9 Å². The highest BCUT2D eigenvalue weighted by atomic mass is 16.5. The van der Waals surface area contributed by atoms with Gasteiger partial charge in [0.2, 0.25) is 5.91 Å². The van der Waals surface area contributed by atoms with E-state index in [0.29, 0.717) is 19.6 Å². The largest absolute Gasteiger partial charge is 0.383 e. The number of benzene rings is 1. The zero-order valence-corrected chi connectivity index (χ0v) is 14.9. The molecule has 1 aromatic carbocycles. The molecule has 25 heavy (non-hydrogen) atoms. The lowest BCUT2D eigenvalue weighted by Gasteiger charge is -2.20. The molecule has 1 aromatic heterocycles. The number of amides is 3. The second kappa shape index (κ2) is 9.08. The molecule has 0 fully saturated rings. The number of hydrogen-bond donors (Lipinski definition) is 4. The van der Waals surface area contributed by atoms with Crippen LogP contribution in [-0.2, 0) is 16.0 Å². The summed E-state index contributed by atoms with van der Waals surface area (Å²) in [6.07, 6.45) is 2.28. The number of carbonyl (C=O) groups is 2. The number of rotatable bonds is 8. The smallest absolute Gasteiger partial charge is 0.315 e. The Morgan fingerprint density at radius 3 is 2.68 bits per heavy atom. The van der Waals surface area contributed by atoms with Gasteiger partial charge in [0.15, 0.2) is 0 Å². The molecule has 2 aromatic rings. The summed E-state index contributed by atoms with van der Waals surface area (Å²) in [6, 6.07) is 6.83. The predicted molar refractivity (Wildman–Crippen MR) is 97.5 cm³/mol. The van der Waals surface area contributed by atoms with Crippen molar-refractivity contribution in [3.05, 3.63) is 36.0 Å². The maximum atomic E-state index is 12.5. The lowest BCUT2D eigenvalue weighted by Crippen LogP contribution is -2.52. The van der Waals surface area contributed by atoms with Crippen LogP contribution in [0.25, 0.3) is 10.9 Å². The SMILES string of the molecule is COCCNC(=O)N[C@@H](Cc1c[nH]c2ccccc12)C(=O)NC(C)C. The number of hydrogen-bond acceptors (Lipinski definition) is 3. The fourth-order valence-electron chi connectivity index (χ4n) is 2.59. The maximum Gasteiger partial charge on any atom is 0.315 e. The normalized spacial score (nSPS) is 12.2. The van der Waals surface area contributed by atoms with E-state index in [1.165, 1.54) is 0 Å². The summed E-state index contributed by atoms with van der Waals surface area (Å²) in [5.41, 5.74) is 1.99. The second-order valence-electron chi connectivity index (χ2n) is 6.17. The van der Waals surface area contributed by atoms with Crippen LogP contribution >= 0.6 is 0 Å². The van der Waals surface area contributed by atoms with Crippen LogP contribution in [0.1, 0.15) is 19.4 Å². The number of carbonyl (C=O) groups excluding carboxylic acids is 2. The van der Waals surface area contributed by atoms with Crippen LogP contribution in [0.3, 0.4) is 0 Å². The van der Waals surface area contributed by atoms with Crippen LogP contribution in [-0.4, -0.2) is 49.3 Å². The maximum absolute atomic E-state index is 12.5. The lowest BCUT2D eigenvalue weighted by atomic mass is 10.0. The molecule has 0 bridgehead atoms. The molecule has 1 heterocycles. The van der Waals surface area contributed by atoms with Crippen molar-refractivity contribution in [3.63, 3.8) is 0 Å². The van der Waals surface area contributed by atoms with Crippen molar-refractivity contribution in [2.75, 3.05) is 20.3 Å². The van der Waals surface area contributed by atoms with Gasteiger partial charge in [0.1, 0.15) is 6.04 Å². The third-order valence-electron chi connectivity index (χ3n) is 3.74. The standard InChI is InChI=1S/C18H26N4O3/c1-12(2)21-17(23)16(22-18(24)19-8-9-25-3)10-13-11-20-15-7-5-4-6-14(13)15/h4-7,11-12,16,20H,8-10H2,1-3H3,(H,21,23)(H2,19,22,24)/t16-/m0/s1. The summed E-state index contributed by atoms with van der Waals surface area (Å²) in [7, 11) is 1.56. The molecule has 0 saturated heterocycles. The molecule has 0 unspecified atom stereocenters. The molecule has 0 radical (unpaired) electrons. The Hall–Kier alpha value is -2.54. The van der Waals surface area contributed by atoms with Crippen molar-refractivity contribution in [3.8, 4) is 0 Å². The fraction of sp³-hybridized carbons (Fsp3) is 0.444. The van der Waals surface area contributed by atoms with E-state index in [1.807, 2.05) is 44.3 Å². The molecular weight excluding hydrogens is 320 g/mol. The highest BCUT2D eigenvalue weighted by molar-refractivity contribution is 5.89. The Labute approximate surface area is 147 Å². The average molecular weight is 346 g/mol. The zero-order valence-electron chi connectivity index (χ0n) is 14.9. The summed E-state index contributed by atoms with van der Waals surface area (Å²) in [5.74, 6) is -0.206. The summed E-state index contributed by atoms with van der Waals surface area (Å²) in [6.45, 7) is 4.57. The predicted octanol–water partition coefficient (Wildman–Crippen LogP) is 1.55. The van der Waals surface area contributed by atoms with Crippen LogP contribution in [0.2, 0.25) is 0 Å². The van der Waals surface area contributed by atoms with Gasteiger partial charge in [-0.3, -0.25) is 4.79 Å². The van der Waals surface area contributed by atoms with Crippen LogP contribution in [0.15, 0.2) is 30.5 Å². The molecule has 1 atom stereocenters. The fourth-order valence-corrected chi connectivity index (χ4v) is 2.59. The molecule has 7 nitrogen and oxygen atoms in total. The molecule has 0 aliphatic heterocycles. The van der Waals surface area contributed by atoms with Gasteiger partial charge in [0.05, 0.1) is 6.61 Å². The number of aromatic nitrogens is 1. The Balaban J connectivity index is 2.10. The van der Waals surface area contributed by atoms with Gasteiger partial charge in [-0.05, 0) is 25.5 Å². The van der Waals surface area contributed by atoms with Crippen molar-refractivity contribution < 1.29 is 14.3 Å². The van der Waals surface area contributed by atoms with E-state index in [-0.39, 0.29) is 18.0 Å². The number of ether oxygens (including phenoxy) is 1. The zero-order chi connectivity index (χ0) is 18.2. The number of methoxy groups -OCH3 is 1. The molecule has 3 amide bonds. The highest BCUT2D eigenvalue weighted by Gasteiger charge is 2.23. The van der Waals surface area contributed by atoms with E-state index in [4.69, 9.17) is 4.74 Å². The second-order valence-corrected chi connectivity index (χ2v) is 6.17. The number of nitrogens with one attached hydrogen (secondary N) is 4. The van der Waals surface area contributed by atoms with E-state index >= 15 is 0 Å².